The van der Waals surface area contributed by atoms with Crippen molar-refractivity contribution in [2.75, 3.05) is 31.1 Å². The van der Waals surface area contributed by atoms with Crippen LogP contribution in [0.25, 0.3) is 0 Å². The number of nitrogens with zero attached hydrogens (tertiary/aromatic N) is 4. The van der Waals surface area contributed by atoms with Crippen LogP contribution in [0.15, 0.2) is 18.5 Å². The molecular weight excluding hydrogens is 288 g/mol. The maximum Gasteiger partial charge on any atom is 0.322 e. The van der Waals surface area contributed by atoms with Crippen molar-refractivity contribution in [3.8, 4) is 0 Å². The van der Waals surface area contributed by atoms with E-state index in [4.69, 9.17) is 0 Å². The van der Waals surface area contributed by atoms with Crippen molar-refractivity contribution in [3.05, 3.63) is 18.5 Å². The molecule has 2 aliphatic heterocycles. The Morgan fingerprint density at radius 2 is 1.86 bits per heavy atom. The molecule has 0 unspecified atom stereocenters. The Kier molecular flexibility index (Phi) is 3.86. The second-order valence-electron chi connectivity index (χ2n) is 5.14. The van der Waals surface area contributed by atoms with Gasteiger partial charge in [-0.15, -0.1) is 0 Å². The van der Waals surface area contributed by atoms with Crippen LogP contribution < -0.4 is 15.5 Å². The highest BCUT2D eigenvalue weighted by molar-refractivity contribution is 6.05. The fraction of sp³-hybridized carbons (Fsp3) is 0.462. The van der Waals surface area contributed by atoms with Crippen molar-refractivity contribution >= 4 is 23.8 Å². The summed E-state index contributed by atoms with van der Waals surface area (Å²) in [7, 11) is 0. The van der Waals surface area contributed by atoms with Gasteiger partial charge >= 0.3 is 6.03 Å². The third-order valence-corrected chi connectivity index (χ3v) is 3.70. The molecule has 2 fully saturated rings. The Hall–Kier alpha value is -2.71. The Balaban J connectivity index is 1.52. The van der Waals surface area contributed by atoms with Crippen LogP contribution in [0.5, 0.6) is 0 Å². The fourth-order valence-corrected chi connectivity index (χ4v) is 2.52. The molecule has 1 atom stereocenters. The van der Waals surface area contributed by atoms with E-state index < -0.39 is 18.0 Å². The normalized spacial score (nSPS) is 21.5. The molecule has 9 nitrogen and oxygen atoms in total. The number of amides is 4. The average molecular weight is 304 g/mol. The summed E-state index contributed by atoms with van der Waals surface area (Å²) in [4.78, 5) is 46.7. The highest BCUT2D eigenvalue weighted by Gasteiger charge is 2.33. The monoisotopic (exact) mass is 304 g/mol. The summed E-state index contributed by atoms with van der Waals surface area (Å²) in [5, 5.41) is 4.55. The summed E-state index contributed by atoms with van der Waals surface area (Å²) in [5.41, 5.74) is 0. The summed E-state index contributed by atoms with van der Waals surface area (Å²) in [6.07, 6.45) is 3.35. The van der Waals surface area contributed by atoms with Gasteiger partial charge in [-0.1, -0.05) is 0 Å². The SMILES string of the molecule is O=C1NC(=O)[C@H](CC(=O)N2CCN(c3ncccn3)CC2)N1. The van der Waals surface area contributed by atoms with Crippen LogP contribution in [-0.4, -0.2) is 64.9 Å². The molecule has 2 saturated heterocycles. The van der Waals surface area contributed by atoms with E-state index in [1.54, 1.807) is 23.4 Å². The van der Waals surface area contributed by atoms with Crippen molar-refractivity contribution in [1.29, 1.82) is 0 Å². The van der Waals surface area contributed by atoms with Crippen molar-refractivity contribution in [1.82, 2.24) is 25.5 Å². The van der Waals surface area contributed by atoms with Gasteiger partial charge in [0.2, 0.25) is 11.9 Å². The van der Waals surface area contributed by atoms with Gasteiger partial charge in [-0.2, -0.15) is 0 Å². The van der Waals surface area contributed by atoms with Gasteiger partial charge in [0, 0.05) is 38.6 Å². The van der Waals surface area contributed by atoms with Gasteiger partial charge in [0.25, 0.3) is 5.91 Å². The number of aromatic nitrogens is 2. The van der Waals surface area contributed by atoms with Gasteiger partial charge in [0.05, 0.1) is 6.42 Å². The number of carbonyl (C=O) groups is 3. The third-order valence-electron chi connectivity index (χ3n) is 3.70. The fourth-order valence-electron chi connectivity index (χ4n) is 2.52. The number of imide groups is 1. The lowest BCUT2D eigenvalue weighted by atomic mass is 10.2. The molecule has 1 aromatic rings. The molecule has 0 spiro atoms. The predicted octanol–water partition coefficient (Wildman–Crippen LogP) is -1.28. The summed E-state index contributed by atoms with van der Waals surface area (Å²) in [6, 6.07) is 0.439. The van der Waals surface area contributed by atoms with Crippen LogP contribution in [0, 0.1) is 0 Å². The Bertz CT molecular complexity index is 585. The van der Waals surface area contributed by atoms with E-state index in [0.29, 0.717) is 32.1 Å². The van der Waals surface area contributed by atoms with E-state index in [0.717, 1.165) is 0 Å². The Morgan fingerprint density at radius 1 is 1.18 bits per heavy atom. The second kappa shape index (κ2) is 5.96. The lowest BCUT2D eigenvalue weighted by molar-refractivity contribution is -0.134. The molecule has 116 valence electrons. The molecular formula is C13H16N6O3. The molecule has 9 heteroatoms. The standard InChI is InChI=1S/C13H16N6O3/c20-10(8-9-11(21)17-13(22)16-9)18-4-6-19(7-5-18)12-14-2-1-3-15-12/h1-3,9H,4-8H2,(H2,16,17,21,22)/t9-/m0/s1. The molecule has 2 N–H and O–H groups in total. The minimum absolute atomic E-state index is 0.0145. The van der Waals surface area contributed by atoms with E-state index in [1.165, 1.54) is 0 Å². The zero-order chi connectivity index (χ0) is 15.5. The zero-order valence-electron chi connectivity index (χ0n) is 11.9. The van der Waals surface area contributed by atoms with E-state index in [-0.39, 0.29) is 12.3 Å². The number of nitrogens with one attached hydrogen (secondary N) is 2. The van der Waals surface area contributed by atoms with Crippen LogP contribution in [0.1, 0.15) is 6.42 Å². The average Bonchev–Trinajstić information content (AvgIpc) is 2.86. The van der Waals surface area contributed by atoms with Gasteiger partial charge in [-0.25, -0.2) is 14.8 Å². The Morgan fingerprint density at radius 3 is 2.45 bits per heavy atom. The summed E-state index contributed by atoms with van der Waals surface area (Å²) in [6.45, 7) is 2.36. The molecule has 0 aromatic carbocycles. The highest BCUT2D eigenvalue weighted by Crippen LogP contribution is 2.11. The van der Waals surface area contributed by atoms with E-state index in [1.807, 2.05) is 4.90 Å². The first-order chi connectivity index (χ1) is 10.6. The maximum atomic E-state index is 12.2. The van der Waals surface area contributed by atoms with Crippen molar-refractivity contribution < 1.29 is 14.4 Å². The van der Waals surface area contributed by atoms with Crippen molar-refractivity contribution in [2.45, 2.75) is 12.5 Å². The third kappa shape index (κ3) is 2.97. The number of rotatable bonds is 3. The minimum atomic E-state index is -0.768. The van der Waals surface area contributed by atoms with Crippen LogP contribution in [0.4, 0.5) is 10.7 Å². The van der Waals surface area contributed by atoms with Gasteiger partial charge in [-0.05, 0) is 6.07 Å². The number of urea groups is 1. The molecule has 1 aromatic heterocycles. The first-order valence-electron chi connectivity index (χ1n) is 7.04. The van der Waals surface area contributed by atoms with Crippen molar-refractivity contribution in [2.24, 2.45) is 0 Å². The zero-order valence-corrected chi connectivity index (χ0v) is 11.9. The largest absolute Gasteiger partial charge is 0.339 e. The van der Waals surface area contributed by atoms with E-state index in [9.17, 15) is 14.4 Å². The summed E-state index contributed by atoms with van der Waals surface area (Å²) >= 11 is 0. The number of piperazine rings is 1. The molecule has 22 heavy (non-hydrogen) atoms. The van der Waals surface area contributed by atoms with Crippen LogP contribution in [-0.2, 0) is 9.59 Å². The molecule has 0 saturated carbocycles. The van der Waals surface area contributed by atoms with Crippen LogP contribution in [0.3, 0.4) is 0 Å². The minimum Gasteiger partial charge on any atom is -0.339 e. The number of carbonyl (C=O) groups excluding carboxylic acids is 3. The van der Waals surface area contributed by atoms with Gasteiger partial charge < -0.3 is 15.1 Å². The van der Waals surface area contributed by atoms with Crippen LogP contribution >= 0.6 is 0 Å². The molecule has 3 rings (SSSR count). The number of hydrogen-bond acceptors (Lipinski definition) is 6. The first-order valence-corrected chi connectivity index (χ1v) is 7.04. The van der Waals surface area contributed by atoms with Gasteiger partial charge in [0.1, 0.15) is 6.04 Å². The number of anilines is 1. The van der Waals surface area contributed by atoms with Gasteiger partial charge in [-0.3, -0.25) is 14.9 Å². The quantitative estimate of drug-likeness (QED) is 0.674. The van der Waals surface area contributed by atoms with E-state index >= 15 is 0 Å². The topological polar surface area (TPSA) is 108 Å². The lowest BCUT2D eigenvalue weighted by Crippen LogP contribution is -2.50. The first kappa shape index (κ1) is 14.2. The molecule has 0 aliphatic carbocycles. The summed E-state index contributed by atoms with van der Waals surface area (Å²) in [5.74, 6) is 0.0580. The van der Waals surface area contributed by atoms with Gasteiger partial charge in [0.15, 0.2) is 0 Å². The maximum absolute atomic E-state index is 12.2. The highest BCUT2D eigenvalue weighted by atomic mass is 16.2. The van der Waals surface area contributed by atoms with Crippen molar-refractivity contribution in [3.63, 3.8) is 0 Å². The lowest BCUT2D eigenvalue weighted by Gasteiger charge is -2.35. The molecule has 0 bridgehead atoms. The predicted molar refractivity (Wildman–Crippen MR) is 75.9 cm³/mol. The molecule has 3 heterocycles. The Labute approximate surface area is 126 Å². The number of hydrogen-bond donors (Lipinski definition) is 2. The molecule has 4 amide bonds. The van der Waals surface area contributed by atoms with E-state index in [2.05, 4.69) is 20.6 Å². The molecule has 0 radical (unpaired) electrons. The molecule has 2 aliphatic rings. The smallest absolute Gasteiger partial charge is 0.322 e. The summed E-state index contributed by atoms with van der Waals surface area (Å²) < 4.78 is 0. The second-order valence-corrected chi connectivity index (χ2v) is 5.14. The van der Waals surface area contributed by atoms with Crippen LogP contribution in [0.2, 0.25) is 0 Å².